The van der Waals surface area contributed by atoms with Crippen LogP contribution in [0.5, 0.6) is 0 Å². The standard InChI is InChI=1S/C10H14N4O3/c1-6-5-12-9(4-8(6)14(16)17)13-7(2)10(15)11-3/h4-5,7H,1-3H3,(H,11,15)(H,12,13). The third-order valence-corrected chi connectivity index (χ3v) is 2.28. The Bertz CT molecular complexity index is 447. The van der Waals surface area contributed by atoms with Gasteiger partial charge in [-0.05, 0) is 13.8 Å². The second-order valence-corrected chi connectivity index (χ2v) is 3.59. The monoisotopic (exact) mass is 238 g/mol. The number of nitrogens with zero attached hydrogens (tertiary/aromatic N) is 2. The topological polar surface area (TPSA) is 97.2 Å². The molecule has 1 unspecified atom stereocenters. The largest absolute Gasteiger partial charge is 0.358 e. The molecule has 1 aromatic rings. The van der Waals surface area contributed by atoms with Crippen LogP contribution in [0.1, 0.15) is 12.5 Å². The van der Waals surface area contributed by atoms with Crippen LogP contribution in [-0.2, 0) is 4.79 Å². The SMILES string of the molecule is CNC(=O)C(C)Nc1cc([N+](=O)[O-])c(C)cn1. The number of anilines is 1. The number of hydrogen-bond acceptors (Lipinski definition) is 5. The minimum absolute atomic E-state index is 0.0217. The molecule has 0 aliphatic rings. The summed E-state index contributed by atoms with van der Waals surface area (Å²) in [5, 5.41) is 16.0. The average molecular weight is 238 g/mol. The Morgan fingerprint density at radius 3 is 2.76 bits per heavy atom. The molecule has 1 atom stereocenters. The van der Waals surface area contributed by atoms with E-state index >= 15 is 0 Å². The van der Waals surface area contributed by atoms with Crippen LogP contribution in [-0.4, -0.2) is 28.9 Å². The molecular weight excluding hydrogens is 224 g/mol. The first-order chi connectivity index (χ1) is 7.95. The lowest BCUT2D eigenvalue weighted by atomic mass is 10.2. The summed E-state index contributed by atoms with van der Waals surface area (Å²) in [5.74, 6) is 0.0911. The number of hydrogen-bond donors (Lipinski definition) is 2. The summed E-state index contributed by atoms with van der Waals surface area (Å²) in [6.45, 7) is 3.25. The maximum atomic E-state index is 11.3. The molecule has 0 aromatic carbocycles. The lowest BCUT2D eigenvalue weighted by molar-refractivity contribution is -0.385. The predicted octanol–water partition coefficient (Wildman–Crippen LogP) is 0.845. The first kappa shape index (κ1) is 12.9. The highest BCUT2D eigenvalue weighted by atomic mass is 16.6. The number of aryl methyl sites for hydroxylation is 1. The van der Waals surface area contributed by atoms with E-state index in [-0.39, 0.29) is 11.6 Å². The van der Waals surface area contributed by atoms with Gasteiger partial charge in [0.25, 0.3) is 5.69 Å². The van der Waals surface area contributed by atoms with Gasteiger partial charge in [-0.2, -0.15) is 0 Å². The van der Waals surface area contributed by atoms with Gasteiger partial charge in [0.05, 0.1) is 11.0 Å². The molecule has 0 saturated heterocycles. The van der Waals surface area contributed by atoms with E-state index in [0.717, 1.165) is 0 Å². The molecular formula is C10H14N4O3. The fraction of sp³-hybridized carbons (Fsp3) is 0.400. The molecule has 2 N–H and O–H groups in total. The summed E-state index contributed by atoms with van der Waals surface area (Å²) in [4.78, 5) is 25.5. The lowest BCUT2D eigenvalue weighted by Crippen LogP contribution is -2.35. The third kappa shape index (κ3) is 3.13. The Balaban J connectivity index is 2.90. The van der Waals surface area contributed by atoms with Crippen molar-refractivity contribution in [3.8, 4) is 0 Å². The number of pyridine rings is 1. The van der Waals surface area contributed by atoms with E-state index in [1.807, 2.05) is 0 Å². The van der Waals surface area contributed by atoms with Crippen LogP contribution in [0.25, 0.3) is 0 Å². The molecule has 92 valence electrons. The zero-order valence-corrected chi connectivity index (χ0v) is 9.85. The zero-order chi connectivity index (χ0) is 13.0. The van der Waals surface area contributed by atoms with Gasteiger partial charge < -0.3 is 10.6 Å². The minimum atomic E-state index is -0.505. The maximum absolute atomic E-state index is 11.3. The molecule has 1 aromatic heterocycles. The lowest BCUT2D eigenvalue weighted by Gasteiger charge is -2.12. The van der Waals surface area contributed by atoms with Crippen molar-refractivity contribution in [2.45, 2.75) is 19.9 Å². The molecule has 0 bridgehead atoms. The molecule has 0 radical (unpaired) electrons. The number of nitro groups is 1. The van der Waals surface area contributed by atoms with E-state index in [2.05, 4.69) is 15.6 Å². The van der Waals surface area contributed by atoms with Crippen LogP contribution < -0.4 is 10.6 Å². The minimum Gasteiger partial charge on any atom is -0.358 e. The molecule has 0 saturated carbocycles. The first-order valence-electron chi connectivity index (χ1n) is 5.05. The average Bonchev–Trinajstić information content (AvgIpc) is 2.30. The van der Waals surface area contributed by atoms with Crippen LogP contribution in [0.15, 0.2) is 12.3 Å². The van der Waals surface area contributed by atoms with Gasteiger partial charge in [0, 0.05) is 18.8 Å². The molecule has 0 spiro atoms. The summed E-state index contributed by atoms with van der Waals surface area (Å²) in [5.41, 5.74) is 0.458. The van der Waals surface area contributed by atoms with Crippen molar-refractivity contribution in [1.82, 2.24) is 10.3 Å². The molecule has 0 aliphatic heterocycles. The van der Waals surface area contributed by atoms with Crippen molar-refractivity contribution in [2.75, 3.05) is 12.4 Å². The van der Waals surface area contributed by atoms with Crippen molar-refractivity contribution in [1.29, 1.82) is 0 Å². The van der Waals surface area contributed by atoms with Crippen molar-refractivity contribution in [2.24, 2.45) is 0 Å². The summed E-state index contributed by atoms with van der Waals surface area (Å²) in [6.07, 6.45) is 1.40. The molecule has 17 heavy (non-hydrogen) atoms. The number of nitrogens with one attached hydrogen (secondary N) is 2. The number of likely N-dealkylation sites (N-methyl/N-ethyl adjacent to an activating group) is 1. The van der Waals surface area contributed by atoms with E-state index in [9.17, 15) is 14.9 Å². The fourth-order valence-electron chi connectivity index (χ4n) is 1.29. The second-order valence-electron chi connectivity index (χ2n) is 3.59. The van der Waals surface area contributed by atoms with Crippen LogP contribution in [0.4, 0.5) is 11.5 Å². The molecule has 1 rings (SSSR count). The van der Waals surface area contributed by atoms with Gasteiger partial charge in [-0.15, -0.1) is 0 Å². The number of aromatic nitrogens is 1. The van der Waals surface area contributed by atoms with Crippen LogP contribution in [0.2, 0.25) is 0 Å². The Morgan fingerprint density at radius 2 is 2.24 bits per heavy atom. The van der Waals surface area contributed by atoms with Crippen LogP contribution >= 0.6 is 0 Å². The van der Waals surface area contributed by atoms with Gasteiger partial charge >= 0.3 is 0 Å². The molecule has 7 nitrogen and oxygen atoms in total. The number of carbonyl (C=O) groups excluding carboxylic acids is 1. The van der Waals surface area contributed by atoms with Crippen molar-refractivity contribution in [3.05, 3.63) is 27.9 Å². The smallest absolute Gasteiger partial charge is 0.277 e. The van der Waals surface area contributed by atoms with E-state index in [1.165, 1.54) is 19.3 Å². The van der Waals surface area contributed by atoms with Gasteiger partial charge in [0.15, 0.2) is 0 Å². The quantitative estimate of drug-likeness (QED) is 0.598. The van der Waals surface area contributed by atoms with Crippen LogP contribution in [0, 0.1) is 17.0 Å². The van der Waals surface area contributed by atoms with Crippen molar-refractivity contribution >= 4 is 17.4 Å². The van der Waals surface area contributed by atoms with Gasteiger partial charge in [-0.3, -0.25) is 14.9 Å². The fourth-order valence-corrected chi connectivity index (χ4v) is 1.29. The highest BCUT2D eigenvalue weighted by molar-refractivity contribution is 5.83. The predicted molar refractivity (Wildman–Crippen MR) is 62.8 cm³/mol. The number of amides is 1. The van der Waals surface area contributed by atoms with Crippen molar-refractivity contribution < 1.29 is 9.72 Å². The van der Waals surface area contributed by atoms with E-state index in [1.54, 1.807) is 13.8 Å². The van der Waals surface area contributed by atoms with E-state index in [4.69, 9.17) is 0 Å². The Hall–Kier alpha value is -2.18. The second kappa shape index (κ2) is 5.24. The maximum Gasteiger partial charge on any atom is 0.277 e. The van der Waals surface area contributed by atoms with E-state index in [0.29, 0.717) is 11.4 Å². The van der Waals surface area contributed by atoms with Crippen LogP contribution in [0.3, 0.4) is 0 Å². The number of carbonyl (C=O) groups is 1. The van der Waals surface area contributed by atoms with Gasteiger partial charge in [-0.25, -0.2) is 4.98 Å². The van der Waals surface area contributed by atoms with Crippen molar-refractivity contribution in [3.63, 3.8) is 0 Å². The highest BCUT2D eigenvalue weighted by Gasteiger charge is 2.15. The van der Waals surface area contributed by atoms with Gasteiger partial charge in [0.1, 0.15) is 11.9 Å². The normalized spacial score (nSPS) is 11.7. The van der Waals surface area contributed by atoms with Gasteiger partial charge in [-0.1, -0.05) is 0 Å². The van der Waals surface area contributed by atoms with Gasteiger partial charge in [0.2, 0.25) is 5.91 Å². The summed E-state index contributed by atoms with van der Waals surface area (Å²) >= 11 is 0. The molecule has 7 heteroatoms. The molecule has 1 heterocycles. The van der Waals surface area contributed by atoms with E-state index < -0.39 is 11.0 Å². The Labute approximate surface area is 98.4 Å². The molecule has 0 fully saturated rings. The summed E-state index contributed by atoms with van der Waals surface area (Å²) in [6, 6.07) is 0.809. The highest BCUT2D eigenvalue weighted by Crippen LogP contribution is 2.20. The Kier molecular flexibility index (Phi) is 3.97. The zero-order valence-electron chi connectivity index (χ0n) is 9.85. The Morgan fingerprint density at radius 1 is 1.59 bits per heavy atom. The first-order valence-corrected chi connectivity index (χ1v) is 5.05. The number of rotatable bonds is 4. The third-order valence-electron chi connectivity index (χ3n) is 2.28. The molecule has 0 aliphatic carbocycles. The molecule has 1 amide bonds. The summed E-state index contributed by atoms with van der Waals surface area (Å²) in [7, 11) is 1.52. The summed E-state index contributed by atoms with van der Waals surface area (Å²) < 4.78 is 0.